The average molecular weight is 842 g/mol. The van der Waals surface area contributed by atoms with E-state index in [0.717, 1.165) is 17.5 Å². The lowest BCUT2D eigenvalue weighted by atomic mass is 9.79. The number of rotatable bonds is 17. The zero-order valence-corrected chi connectivity index (χ0v) is 37.4. The summed E-state index contributed by atoms with van der Waals surface area (Å²) in [7, 11) is 3.74. The third-order valence-electron chi connectivity index (χ3n) is 12.4. The van der Waals surface area contributed by atoms with E-state index in [4.69, 9.17) is 24.7 Å². The van der Waals surface area contributed by atoms with Crippen molar-refractivity contribution in [2.45, 2.75) is 149 Å². The lowest BCUT2D eigenvalue weighted by Gasteiger charge is -2.40. The van der Waals surface area contributed by atoms with Crippen LogP contribution in [0.15, 0.2) is 30.5 Å². The van der Waals surface area contributed by atoms with Crippen molar-refractivity contribution < 1.29 is 43.2 Å². The van der Waals surface area contributed by atoms with Gasteiger partial charge < -0.3 is 44.8 Å². The van der Waals surface area contributed by atoms with Crippen LogP contribution in [0.25, 0.3) is 11.3 Å². The van der Waals surface area contributed by atoms with Gasteiger partial charge >= 0.3 is 12.1 Å². The summed E-state index contributed by atoms with van der Waals surface area (Å²) in [4.78, 5) is 58.0. The van der Waals surface area contributed by atoms with Crippen molar-refractivity contribution in [3.63, 3.8) is 0 Å². The number of unbranched alkanes of at least 4 members (excludes halogenated alkanes) is 1. The smallest absolute Gasteiger partial charge is 0.410 e. The second-order valence-electron chi connectivity index (χ2n) is 17.2. The summed E-state index contributed by atoms with van der Waals surface area (Å²) in [6.07, 6.45) is 1.15. The number of nitrogens with one attached hydrogen (secondary N) is 1. The van der Waals surface area contributed by atoms with Crippen molar-refractivity contribution in [3.05, 3.63) is 30.5 Å². The molecule has 0 aliphatic carbocycles. The van der Waals surface area contributed by atoms with E-state index in [2.05, 4.69) is 22.6 Å². The number of amides is 1. The number of aldehydes is 1. The van der Waals surface area contributed by atoms with Gasteiger partial charge in [-0.3, -0.25) is 19.2 Å². The first-order valence-corrected chi connectivity index (χ1v) is 21.8. The zero-order valence-electron chi connectivity index (χ0n) is 37.4. The fourth-order valence-corrected chi connectivity index (χ4v) is 9.15. The molecule has 1 aromatic heterocycles. The Labute approximate surface area is 356 Å². The summed E-state index contributed by atoms with van der Waals surface area (Å²) in [5.41, 5.74) is 6.95. The number of ketones is 1. The Morgan fingerprint density at radius 3 is 2.47 bits per heavy atom. The molecule has 4 N–H and O–H groups in total. The van der Waals surface area contributed by atoms with Gasteiger partial charge in [0.15, 0.2) is 17.7 Å². The van der Waals surface area contributed by atoms with E-state index in [1.54, 1.807) is 30.4 Å². The third kappa shape index (κ3) is 11.7. The quantitative estimate of drug-likeness (QED) is 0.0493. The number of anilines is 1. The van der Waals surface area contributed by atoms with Gasteiger partial charge in [0.05, 0.1) is 18.3 Å². The van der Waals surface area contributed by atoms with Crippen molar-refractivity contribution in [1.82, 2.24) is 30.1 Å². The molecule has 2 aromatic rings. The van der Waals surface area contributed by atoms with E-state index in [-0.39, 0.29) is 31.0 Å². The van der Waals surface area contributed by atoms with Crippen molar-refractivity contribution >= 4 is 29.8 Å². The minimum absolute atomic E-state index is 0.0218. The van der Waals surface area contributed by atoms with Crippen LogP contribution < -0.4 is 11.1 Å². The maximum absolute atomic E-state index is 14.3. The van der Waals surface area contributed by atoms with E-state index < -0.39 is 71.8 Å². The van der Waals surface area contributed by atoms with E-state index in [1.165, 1.54) is 6.92 Å². The Kier molecular flexibility index (Phi) is 18.0. The molecule has 2 fully saturated rings. The van der Waals surface area contributed by atoms with Crippen LogP contribution in [0.3, 0.4) is 0 Å². The average Bonchev–Trinajstić information content (AvgIpc) is 3.79. The molecule has 2 saturated heterocycles. The van der Waals surface area contributed by atoms with Crippen LogP contribution in [0.5, 0.6) is 0 Å². The highest BCUT2D eigenvalue weighted by molar-refractivity contribution is 6.00. The van der Waals surface area contributed by atoms with Crippen LogP contribution in [0.1, 0.15) is 93.9 Å². The first-order valence-electron chi connectivity index (χ1n) is 21.8. The molecule has 1 amide bonds. The number of hydrogen-bond acceptors (Lipinski definition) is 14. The molecule has 16 nitrogen and oxygen atoms in total. The summed E-state index contributed by atoms with van der Waals surface area (Å²) in [6, 6.07) is 6.31. The molecule has 16 heteroatoms. The maximum Gasteiger partial charge on any atom is 0.410 e. The fourth-order valence-electron chi connectivity index (χ4n) is 9.15. The van der Waals surface area contributed by atoms with E-state index in [0.29, 0.717) is 57.4 Å². The zero-order chi connectivity index (χ0) is 44.3. The number of ether oxygens (including phenoxy) is 4. The van der Waals surface area contributed by atoms with Crippen LogP contribution in [0.4, 0.5) is 10.5 Å². The van der Waals surface area contributed by atoms with Crippen LogP contribution in [0, 0.1) is 23.7 Å². The molecule has 12 atom stereocenters. The van der Waals surface area contributed by atoms with Gasteiger partial charge in [0.25, 0.3) is 0 Å². The van der Waals surface area contributed by atoms with Gasteiger partial charge in [-0.25, -0.2) is 4.79 Å². The molecule has 60 heavy (non-hydrogen) atoms. The molecule has 4 rings (SSSR count). The number of hydrogen-bond donors (Lipinski definition) is 3. The lowest BCUT2D eigenvalue weighted by Crippen LogP contribution is -2.60. The SMILES string of the molecule is CCO[C@@H](O[C@H]1[C@@H](CC=O)C[C@@H](C)CN[C@H](C)[C@H]2N(CCCCn3cc(-c4cccc(N)c4)nn3)C(=O)O[C@]2(C)[C@@H](CC)OC(=O)[C@H](C)C(=O)[C@@H]1C)C(O)C(CC)N(C)C. The van der Waals surface area contributed by atoms with Crippen LogP contribution in [-0.2, 0) is 39.9 Å². The molecule has 3 heterocycles. The summed E-state index contributed by atoms with van der Waals surface area (Å²) >= 11 is 0. The van der Waals surface area contributed by atoms with Gasteiger partial charge in [-0.05, 0) is 104 Å². The first kappa shape index (κ1) is 48.7. The first-order chi connectivity index (χ1) is 28.5. The van der Waals surface area contributed by atoms with Gasteiger partial charge in [0.2, 0.25) is 0 Å². The number of likely N-dealkylation sites (N-methyl/N-ethyl adjacent to an activating group) is 1. The number of Topliss-reactive ketones (excluding diaryl/α,β-unsaturated/α-hetero) is 1. The molecule has 2 unspecified atom stereocenters. The maximum atomic E-state index is 14.3. The lowest BCUT2D eigenvalue weighted by molar-refractivity contribution is -0.241. The molecular formula is C44H71N7O9. The van der Waals surface area contributed by atoms with Crippen molar-refractivity contribution in [2.75, 3.05) is 39.5 Å². The largest absolute Gasteiger partial charge is 0.458 e. The Balaban J connectivity index is 1.60. The summed E-state index contributed by atoms with van der Waals surface area (Å²) in [5, 5.41) is 23.8. The van der Waals surface area contributed by atoms with E-state index in [9.17, 15) is 24.3 Å². The van der Waals surface area contributed by atoms with Gasteiger partial charge in [-0.2, -0.15) is 0 Å². The molecule has 0 saturated carbocycles. The molecule has 2 aliphatic heterocycles. The minimum Gasteiger partial charge on any atom is -0.458 e. The number of nitrogens with zero attached hydrogens (tertiary/aromatic N) is 5. The summed E-state index contributed by atoms with van der Waals surface area (Å²) < 4.78 is 26.8. The third-order valence-corrected chi connectivity index (χ3v) is 12.4. The number of nitrogens with two attached hydrogens (primary N) is 1. The predicted molar refractivity (Wildman–Crippen MR) is 227 cm³/mol. The predicted octanol–water partition coefficient (Wildman–Crippen LogP) is 4.72. The Morgan fingerprint density at radius 1 is 1.12 bits per heavy atom. The molecule has 0 bridgehead atoms. The Hall–Kier alpha value is -3.96. The van der Waals surface area contributed by atoms with Crippen LogP contribution in [-0.4, -0.2) is 136 Å². The number of carbonyl (C=O) groups is 4. The second-order valence-corrected chi connectivity index (χ2v) is 17.2. The van der Waals surface area contributed by atoms with Gasteiger partial charge in [-0.15, -0.1) is 5.10 Å². The number of aryl methyl sites for hydroxylation is 1. The van der Waals surface area contributed by atoms with Gasteiger partial charge in [0, 0.05) is 55.4 Å². The number of aliphatic hydroxyl groups is 1. The number of esters is 1. The van der Waals surface area contributed by atoms with E-state index >= 15 is 0 Å². The number of aromatic nitrogens is 3. The highest BCUT2D eigenvalue weighted by Gasteiger charge is 2.58. The Morgan fingerprint density at radius 2 is 1.83 bits per heavy atom. The van der Waals surface area contributed by atoms with Gasteiger partial charge in [-0.1, -0.05) is 45.0 Å². The molecule has 1 aromatic carbocycles. The standard InChI is InChI=1S/C44H71N7O9/c1-11-35(49(9)10)38(54)42(57-13-3)59-39-28(5)37(53)29(6)41(55)58-36(12-2)44(8)40(30(7)46-25-27(4)23-32(39)19-22-52)51(43(56)60-44)21-15-14-20-50-26-34(47-48-50)31-17-16-18-33(45)24-31/h16-18,22,24,26-30,32,35-36,38-40,42,46,54H,11-15,19-21,23,25,45H2,1-10H3/t27-,28+,29-,30-,32+,35?,36-,38?,39-,40-,42+,44-/m1/s1. The number of cyclic esters (lactones) is 1. The molecule has 0 radical (unpaired) electrons. The molecular weight excluding hydrogens is 771 g/mol. The van der Waals surface area contributed by atoms with Crippen LogP contribution in [0.2, 0.25) is 0 Å². The normalized spacial score (nSPS) is 29.9. The number of nitrogen functional groups attached to an aromatic ring is 1. The second kappa shape index (κ2) is 22.2. The molecule has 0 spiro atoms. The van der Waals surface area contributed by atoms with Crippen molar-refractivity contribution in [1.29, 1.82) is 0 Å². The minimum atomic E-state index is -1.25. The molecule has 2 aliphatic rings. The van der Waals surface area contributed by atoms with E-state index in [1.807, 2.05) is 70.2 Å². The van der Waals surface area contributed by atoms with Crippen LogP contribution >= 0.6 is 0 Å². The highest BCUT2D eigenvalue weighted by Crippen LogP contribution is 2.39. The number of benzene rings is 1. The number of aliphatic hydroxyl groups excluding tert-OH is 1. The number of carbonyl (C=O) groups excluding carboxylic acids is 4. The van der Waals surface area contributed by atoms with Crippen molar-refractivity contribution in [3.8, 4) is 11.3 Å². The van der Waals surface area contributed by atoms with Crippen molar-refractivity contribution in [2.24, 2.45) is 23.7 Å². The summed E-state index contributed by atoms with van der Waals surface area (Å²) in [6.45, 7) is 16.4. The van der Waals surface area contributed by atoms with Gasteiger partial charge in [0.1, 0.15) is 30.1 Å². The highest BCUT2D eigenvalue weighted by atomic mass is 16.7. The topological polar surface area (TPSA) is 201 Å². The molecule has 336 valence electrons. The monoisotopic (exact) mass is 842 g/mol. The number of fused-ring (bicyclic) bond motifs is 1. The summed E-state index contributed by atoms with van der Waals surface area (Å²) in [5.74, 6) is -3.72. The fraction of sp³-hybridized carbons (Fsp3) is 0.727. The Bertz CT molecular complexity index is 1710.